The second-order valence-corrected chi connectivity index (χ2v) is 7.32. The summed E-state index contributed by atoms with van der Waals surface area (Å²) in [6, 6.07) is 6.45. The van der Waals surface area contributed by atoms with E-state index < -0.39 is 0 Å². The Bertz CT molecular complexity index is 671. The third kappa shape index (κ3) is 3.93. The van der Waals surface area contributed by atoms with Crippen molar-refractivity contribution < 1.29 is 4.79 Å². The molecule has 0 saturated carbocycles. The lowest BCUT2D eigenvalue weighted by molar-refractivity contribution is 0.0606. The summed E-state index contributed by atoms with van der Waals surface area (Å²) in [7, 11) is 4.01. The normalized spacial score (nSPS) is 17.8. The second kappa shape index (κ2) is 7.75. The number of aryl methyl sites for hydroxylation is 1. The van der Waals surface area contributed by atoms with Gasteiger partial charge in [0, 0.05) is 32.4 Å². The van der Waals surface area contributed by atoms with Crippen LogP contribution in [0.25, 0.3) is 0 Å². The average Bonchev–Trinajstić information content (AvgIpc) is 3.14. The molecule has 3 rings (SSSR count). The minimum Gasteiger partial charge on any atom is -0.363 e. The first-order valence-corrected chi connectivity index (χ1v) is 9.36. The number of anilines is 1. The van der Waals surface area contributed by atoms with E-state index in [0.717, 1.165) is 48.6 Å². The van der Waals surface area contributed by atoms with Gasteiger partial charge in [0.15, 0.2) is 0 Å². The quantitative estimate of drug-likeness (QED) is 0.835. The van der Waals surface area contributed by atoms with Crippen molar-refractivity contribution in [1.29, 1.82) is 0 Å². The van der Waals surface area contributed by atoms with Crippen molar-refractivity contribution >= 4 is 23.1 Å². The van der Waals surface area contributed by atoms with Crippen LogP contribution < -0.4 is 4.90 Å². The monoisotopic (exact) mass is 344 g/mol. The van der Waals surface area contributed by atoms with Crippen molar-refractivity contribution in [2.75, 3.05) is 25.5 Å². The molecule has 1 fully saturated rings. The van der Waals surface area contributed by atoms with Gasteiger partial charge in [-0.3, -0.25) is 9.78 Å². The van der Waals surface area contributed by atoms with Crippen LogP contribution in [-0.4, -0.2) is 47.5 Å². The molecule has 1 aliphatic heterocycles. The molecule has 0 unspecified atom stereocenters. The van der Waals surface area contributed by atoms with Crippen LogP contribution in [0.3, 0.4) is 0 Å². The van der Waals surface area contributed by atoms with Crippen molar-refractivity contribution in [3.63, 3.8) is 0 Å². The first-order valence-electron chi connectivity index (χ1n) is 8.48. The molecule has 0 radical (unpaired) electrons. The van der Waals surface area contributed by atoms with E-state index in [1.165, 1.54) is 17.8 Å². The van der Waals surface area contributed by atoms with Gasteiger partial charge in [0.25, 0.3) is 5.91 Å². The van der Waals surface area contributed by atoms with E-state index in [4.69, 9.17) is 4.98 Å². The van der Waals surface area contributed by atoms with Gasteiger partial charge in [0.2, 0.25) is 0 Å². The van der Waals surface area contributed by atoms with Gasteiger partial charge < -0.3 is 9.80 Å². The van der Waals surface area contributed by atoms with Crippen LogP contribution in [0.2, 0.25) is 0 Å². The lowest BCUT2D eigenvalue weighted by atomic mass is 9.97. The number of amides is 1. The van der Waals surface area contributed by atoms with Gasteiger partial charge in [-0.1, -0.05) is 6.07 Å². The van der Waals surface area contributed by atoms with Gasteiger partial charge in [-0.05, 0) is 44.2 Å². The molecule has 6 heteroatoms. The second-order valence-electron chi connectivity index (χ2n) is 6.43. The van der Waals surface area contributed by atoms with E-state index in [9.17, 15) is 4.79 Å². The molecule has 0 aliphatic carbocycles. The third-order valence-corrected chi connectivity index (χ3v) is 5.28. The van der Waals surface area contributed by atoms with Crippen LogP contribution in [0.4, 0.5) is 5.82 Å². The van der Waals surface area contributed by atoms with Crippen LogP contribution in [0, 0.1) is 0 Å². The van der Waals surface area contributed by atoms with Gasteiger partial charge in [0.05, 0.1) is 11.7 Å². The van der Waals surface area contributed by atoms with E-state index >= 15 is 0 Å². The Hall–Kier alpha value is -1.95. The van der Waals surface area contributed by atoms with E-state index in [2.05, 4.69) is 17.1 Å². The average molecular weight is 344 g/mol. The molecule has 0 N–H and O–H groups in total. The van der Waals surface area contributed by atoms with E-state index in [1.54, 1.807) is 11.7 Å². The molecule has 128 valence electrons. The third-order valence-electron chi connectivity index (χ3n) is 4.52. The van der Waals surface area contributed by atoms with E-state index in [0.29, 0.717) is 6.04 Å². The summed E-state index contributed by atoms with van der Waals surface area (Å²) in [6.07, 6.45) is 6.92. The van der Waals surface area contributed by atoms with Gasteiger partial charge in [-0.25, -0.2) is 4.98 Å². The maximum Gasteiger partial charge on any atom is 0.265 e. The minimum absolute atomic E-state index is 0.136. The van der Waals surface area contributed by atoms with Crippen LogP contribution >= 0.6 is 11.3 Å². The smallest absolute Gasteiger partial charge is 0.265 e. The number of hydrogen-bond acceptors (Lipinski definition) is 5. The van der Waals surface area contributed by atoms with Crippen LogP contribution in [0.15, 0.2) is 29.9 Å². The number of likely N-dealkylation sites (tertiary alicyclic amines) is 1. The fourth-order valence-corrected chi connectivity index (χ4v) is 3.78. The molecule has 0 spiro atoms. The summed E-state index contributed by atoms with van der Waals surface area (Å²) < 4.78 is 0. The highest BCUT2D eigenvalue weighted by atomic mass is 32.1. The lowest BCUT2D eigenvalue weighted by Crippen LogP contribution is -2.43. The highest BCUT2D eigenvalue weighted by Gasteiger charge is 2.28. The molecule has 1 aliphatic rings. The van der Waals surface area contributed by atoms with Gasteiger partial charge >= 0.3 is 0 Å². The number of pyridine rings is 1. The zero-order chi connectivity index (χ0) is 16.9. The number of carbonyl (C=O) groups excluding carboxylic acids is 1. The number of piperidine rings is 1. The first kappa shape index (κ1) is 16.9. The van der Waals surface area contributed by atoms with Crippen LogP contribution in [-0.2, 0) is 6.42 Å². The largest absolute Gasteiger partial charge is 0.363 e. The predicted molar refractivity (Wildman–Crippen MR) is 97.7 cm³/mol. The van der Waals surface area contributed by atoms with Crippen molar-refractivity contribution in [1.82, 2.24) is 14.9 Å². The fourth-order valence-electron chi connectivity index (χ4n) is 3.20. The van der Waals surface area contributed by atoms with E-state index in [-0.39, 0.29) is 5.91 Å². The maximum atomic E-state index is 12.7. The fraction of sp³-hybridized carbons (Fsp3) is 0.500. The number of nitrogens with zero attached hydrogens (tertiary/aromatic N) is 4. The van der Waals surface area contributed by atoms with Gasteiger partial charge in [-0.15, -0.1) is 11.3 Å². The Balaban J connectivity index is 1.66. The standard InChI is InChI=1S/C18H24N4OS/c1-21(2)17-8-5-6-14(20-17)9-10-15-7-3-4-11-22(15)18(23)16-12-19-13-24-16/h5-6,8,12-13,15H,3-4,7,9-11H2,1-2H3/t15-/m0/s1. The molecule has 2 aromatic rings. The molecule has 1 atom stereocenters. The first-order chi connectivity index (χ1) is 11.6. The minimum atomic E-state index is 0.136. The predicted octanol–water partition coefficient (Wildman–Crippen LogP) is 3.23. The van der Waals surface area contributed by atoms with E-state index in [1.807, 2.05) is 30.0 Å². The Morgan fingerprint density at radius 2 is 2.25 bits per heavy atom. The summed E-state index contributed by atoms with van der Waals surface area (Å²) in [5, 5.41) is 0. The highest BCUT2D eigenvalue weighted by molar-refractivity contribution is 7.11. The molecule has 24 heavy (non-hydrogen) atoms. The van der Waals surface area contributed by atoms with Crippen molar-refractivity contribution in [3.05, 3.63) is 40.5 Å². The Labute approximate surface area is 147 Å². The number of hydrogen-bond donors (Lipinski definition) is 0. The lowest BCUT2D eigenvalue weighted by Gasteiger charge is -2.35. The Morgan fingerprint density at radius 1 is 1.38 bits per heavy atom. The molecule has 3 heterocycles. The highest BCUT2D eigenvalue weighted by Crippen LogP contribution is 2.24. The Kier molecular flexibility index (Phi) is 5.45. The molecule has 0 bridgehead atoms. The SMILES string of the molecule is CN(C)c1cccc(CC[C@@H]2CCCCN2C(=O)c2cncs2)n1. The molecule has 1 amide bonds. The summed E-state index contributed by atoms with van der Waals surface area (Å²) in [4.78, 5) is 26.2. The number of carbonyl (C=O) groups is 1. The zero-order valence-corrected chi connectivity index (χ0v) is 15.1. The van der Waals surface area contributed by atoms with Gasteiger partial charge in [0.1, 0.15) is 10.7 Å². The number of rotatable bonds is 5. The molecular weight excluding hydrogens is 320 g/mol. The molecule has 2 aromatic heterocycles. The topological polar surface area (TPSA) is 49.3 Å². The summed E-state index contributed by atoms with van der Waals surface area (Å²) in [6.45, 7) is 0.854. The van der Waals surface area contributed by atoms with Crippen LogP contribution in [0.5, 0.6) is 0 Å². The Morgan fingerprint density at radius 3 is 3.00 bits per heavy atom. The maximum absolute atomic E-state index is 12.7. The number of thiazole rings is 1. The zero-order valence-electron chi connectivity index (χ0n) is 14.3. The molecule has 5 nitrogen and oxygen atoms in total. The molecule has 0 aromatic carbocycles. The van der Waals surface area contributed by atoms with Crippen molar-refractivity contribution in [2.45, 2.75) is 38.1 Å². The van der Waals surface area contributed by atoms with Gasteiger partial charge in [-0.2, -0.15) is 0 Å². The summed E-state index contributed by atoms with van der Waals surface area (Å²) >= 11 is 1.43. The summed E-state index contributed by atoms with van der Waals surface area (Å²) in [5.41, 5.74) is 2.82. The van der Waals surface area contributed by atoms with Crippen molar-refractivity contribution in [3.8, 4) is 0 Å². The summed E-state index contributed by atoms with van der Waals surface area (Å²) in [5.74, 6) is 1.12. The number of aromatic nitrogens is 2. The van der Waals surface area contributed by atoms with Crippen LogP contribution in [0.1, 0.15) is 41.0 Å². The van der Waals surface area contributed by atoms with Crippen molar-refractivity contribution in [2.24, 2.45) is 0 Å². The molecular formula is C18H24N4OS. The molecule has 1 saturated heterocycles.